The lowest BCUT2D eigenvalue weighted by molar-refractivity contribution is 0.298. The topological polar surface area (TPSA) is 57.8 Å². The number of nitrogens with one attached hydrogen (secondary N) is 1. The molecule has 0 atom stereocenters. The van der Waals surface area contributed by atoms with Crippen molar-refractivity contribution < 1.29 is 4.84 Å². The van der Waals surface area contributed by atoms with E-state index in [2.05, 4.69) is 32.5 Å². The molecule has 0 aromatic heterocycles. The minimum Gasteiger partial charge on any atom is -0.340 e. The van der Waals surface area contributed by atoms with Crippen LogP contribution in [0, 0.1) is 5.53 Å². The molecule has 5 heteroatoms. The Morgan fingerprint density at radius 1 is 1.33 bits per heavy atom. The van der Waals surface area contributed by atoms with Crippen molar-refractivity contribution in [3.63, 3.8) is 0 Å². The van der Waals surface area contributed by atoms with Crippen molar-refractivity contribution in [2.45, 2.75) is 0 Å². The van der Waals surface area contributed by atoms with Gasteiger partial charge < -0.3 is 4.84 Å². The third kappa shape index (κ3) is 2.23. The molecular formula is C7H5N3OS. The fraction of sp³-hybridized carbons (Fsp3) is 0. The third-order valence-electron chi connectivity index (χ3n) is 1.16. The van der Waals surface area contributed by atoms with Gasteiger partial charge in [0.15, 0.2) is 5.75 Å². The molecule has 1 aromatic rings. The fourth-order valence-electron chi connectivity index (χ4n) is 0.687. The van der Waals surface area contributed by atoms with Gasteiger partial charge in [-0.25, -0.2) is 0 Å². The minimum atomic E-state index is 0.494. The number of benzene rings is 1. The van der Waals surface area contributed by atoms with E-state index in [4.69, 9.17) is 5.53 Å². The predicted molar refractivity (Wildman–Crippen MR) is 46.9 cm³/mol. The van der Waals surface area contributed by atoms with Gasteiger partial charge in [0.25, 0.3) is 0 Å². The fourth-order valence-corrected chi connectivity index (χ4v) is 0.792. The van der Waals surface area contributed by atoms with Crippen LogP contribution in [0.2, 0.25) is 0 Å². The van der Waals surface area contributed by atoms with Crippen LogP contribution < -0.4 is 4.84 Å². The van der Waals surface area contributed by atoms with Gasteiger partial charge in [-0.3, -0.25) is 0 Å². The molecule has 0 fully saturated rings. The lowest BCUT2D eigenvalue weighted by Crippen LogP contribution is -1.77. The van der Waals surface area contributed by atoms with Gasteiger partial charge in [0, 0.05) is 5.28 Å². The smallest absolute Gasteiger partial charge is 0.160 e. The highest BCUT2D eigenvalue weighted by Crippen LogP contribution is 2.17. The summed E-state index contributed by atoms with van der Waals surface area (Å²) in [5.74, 6) is 0.494. The van der Waals surface area contributed by atoms with E-state index in [9.17, 15) is 0 Å². The lowest BCUT2D eigenvalue weighted by Gasteiger charge is -1.94. The van der Waals surface area contributed by atoms with Gasteiger partial charge in [0.2, 0.25) is 0 Å². The summed E-state index contributed by atoms with van der Waals surface area (Å²) in [4.78, 5) is 8.28. The van der Waals surface area contributed by atoms with Crippen molar-refractivity contribution in [1.29, 1.82) is 5.53 Å². The number of hydrogen-bond acceptors (Lipinski definition) is 5. The normalized spacial score (nSPS) is 8.33. The third-order valence-corrected chi connectivity index (χ3v) is 1.25. The summed E-state index contributed by atoms with van der Waals surface area (Å²) in [6, 6.07) is 6.67. The molecule has 0 aliphatic rings. The molecule has 0 saturated heterocycles. The molecule has 60 valence electrons. The summed E-state index contributed by atoms with van der Waals surface area (Å²) in [7, 11) is 0. The Hall–Kier alpha value is -1.58. The molecule has 0 bridgehead atoms. The van der Waals surface area contributed by atoms with Gasteiger partial charge >= 0.3 is 0 Å². The second-order valence-corrected chi connectivity index (χ2v) is 2.06. The number of thiocarbonyl (C=S) groups is 1. The minimum absolute atomic E-state index is 0.494. The largest absolute Gasteiger partial charge is 0.340 e. The maximum Gasteiger partial charge on any atom is 0.160 e. The van der Waals surface area contributed by atoms with Crippen LogP contribution in [0.4, 0.5) is 5.69 Å². The summed E-state index contributed by atoms with van der Waals surface area (Å²) < 4.78 is 0. The molecule has 0 aliphatic heterocycles. The average molecular weight is 179 g/mol. The molecule has 0 unspecified atom stereocenters. The Bertz CT molecular complexity index is 316. The molecule has 0 radical (unpaired) electrons. The summed E-state index contributed by atoms with van der Waals surface area (Å²) in [6.45, 7) is 0. The maximum absolute atomic E-state index is 6.43. The number of rotatable bonds is 3. The highest BCUT2D eigenvalue weighted by atomic mass is 32.1. The van der Waals surface area contributed by atoms with Crippen molar-refractivity contribution >= 4 is 23.1 Å². The molecule has 0 amide bonds. The monoisotopic (exact) mass is 179 g/mol. The first kappa shape index (κ1) is 8.52. The zero-order chi connectivity index (χ0) is 8.81. The molecule has 1 N–H and O–H groups in total. The molecule has 0 aliphatic carbocycles. The SMILES string of the molecule is N=NOc1ccc(N=C=S)cc1. The standard InChI is InChI=1S/C7H5N3OS/c8-10-11-7-3-1-6(2-4-7)9-5-12/h1-4,8H. The first-order valence-corrected chi connectivity index (χ1v) is 3.49. The molecule has 12 heavy (non-hydrogen) atoms. The van der Waals surface area contributed by atoms with E-state index in [-0.39, 0.29) is 0 Å². The quantitative estimate of drug-likeness (QED) is 0.335. The molecule has 1 aromatic carbocycles. The van der Waals surface area contributed by atoms with E-state index in [1.807, 2.05) is 0 Å². The zero-order valence-corrected chi connectivity index (χ0v) is 6.84. The molecule has 0 heterocycles. The molecular weight excluding hydrogens is 174 g/mol. The Morgan fingerprint density at radius 3 is 2.50 bits per heavy atom. The summed E-state index contributed by atoms with van der Waals surface area (Å²) >= 11 is 4.42. The molecule has 0 spiro atoms. The van der Waals surface area contributed by atoms with Crippen LogP contribution >= 0.6 is 12.2 Å². The van der Waals surface area contributed by atoms with Crippen LogP contribution in [-0.4, -0.2) is 5.16 Å². The van der Waals surface area contributed by atoms with Crippen LogP contribution in [0.3, 0.4) is 0 Å². The van der Waals surface area contributed by atoms with Gasteiger partial charge in [-0.05, 0) is 36.5 Å². The second kappa shape index (κ2) is 4.33. The number of hydrogen-bond donors (Lipinski definition) is 1. The van der Waals surface area contributed by atoms with Gasteiger partial charge in [-0.15, -0.1) is 0 Å². The average Bonchev–Trinajstić information content (AvgIpc) is 2.09. The summed E-state index contributed by atoms with van der Waals surface area (Å²) in [6.07, 6.45) is 0. The van der Waals surface area contributed by atoms with Crippen LogP contribution in [0.15, 0.2) is 34.5 Å². The maximum atomic E-state index is 6.43. The van der Waals surface area contributed by atoms with E-state index in [0.717, 1.165) is 0 Å². The first-order valence-electron chi connectivity index (χ1n) is 3.08. The second-order valence-electron chi connectivity index (χ2n) is 1.88. The highest BCUT2D eigenvalue weighted by molar-refractivity contribution is 7.78. The Morgan fingerprint density at radius 2 is 2.00 bits per heavy atom. The van der Waals surface area contributed by atoms with Gasteiger partial charge in [0.1, 0.15) is 0 Å². The van der Waals surface area contributed by atoms with E-state index in [1.54, 1.807) is 24.3 Å². The van der Waals surface area contributed by atoms with Gasteiger partial charge in [-0.2, -0.15) is 10.5 Å². The summed E-state index contributed by atoms with van der Waals surface area (Å²) in [5.41, 5.74) is 7.12. The highest BCUT2D eigenvalue weighted by Gasteiger charge is 1.91. The van der Waals surface area contributed by atoms with Crippen LogP contribution in [-0.2, 0) is 0 Å². The molecule has 0 saturated carbocycles. The predicted octanol–water partition coefficient (Wildman–Crippen LogP) is 2.75. The first-order chi connectivity index (χ1) is 5.86. The van der Waals surface area contributed by atoms with E-state index >= 15 is 0 Å². The molecule has 4 nitrogen and oxygen atoms in total. The summed E-state index contributed by atoms with van der Waals surface area (Å²) in [5, 5.41) is 5.01. The van der Waals surface area contributed by atoms with Crippen LogP contribution in [0.25, 0.3) is 0 Å². The Balaban J connectivity index is 2.84. The number of aliphatic imine (C=N–C) groups is 1. The van der Waals surface area contributed by atoms with Crippen LogP contribution in [0.1, 0.15) is 0 Å². The van der Waals surface area contributed by atoms with E-state index in [0.29, 0.717) is 11.4 Å². The van der Waals surface area contributed by atoms with Crippen molar-refractivity contribution in [2.24, 2.45) is 10.3 Å². The van der Waals surface area contributed by atoms with Crippen LogP contribution in [0.5, 0.6) is 5.75 Å². The molecule has 1 rings (SSSR count). The van der Waals surface area contributed by atoms with Gasteiger partial charge in [-0.1, -0.05) is 0 Å². The van der Waals surface area contributed by atoms with E-state index in [1.165, 1.54) is 0 Å². The lowest BCUT2D eigenvalue weighted by atomic mass is 10.3. The zero-order valence-electron chi connectivity index (χ0n) is 6.02. The number of nitrogens with zero attached hydrogens (tertiary/aromatic N) is 2. The van der Waals surface area contributed by atoms with E-state index < -0.39 is 0 Å². The Labute approximate surface area is 74.4 Å². The van der Waals surface area contributed by atoms with Crippen molar-refractivity contribution in [1.82, 2.24) is 0 Å². The van der Waals surface area contributed by atoms with Crippen molar-refractivity contribution in [2.75, 3.05) is 0 Å². The number of isothiocyanates is 1. The van der Waals surface area contributed by atoms with Crippen molar-refractivity contribution in [3.8, 4) is 5.75 Å². The Kier molecular flexibility index (Phi) is 3.07. The van der Waals surface area contributed by atoms with Crippen molar-refractivity contribution in [3.05, 3.63) is 24.3 Å². The van der Waals surface area contributed by atoms with Gasteiger partial charge in [0.05, 0.1) is 10.8 Å².